The molecule has 1 aromatic rings. The molecule has 0 atom stereocenters. The van der Waals surface area contributed by atoms with Gasteiger partial charge in [0.05, 0.1) is 12.0 Å². The van der Waals surface area contributed by atoms with E-state index in [0.717, 1.165) is 12.8 Å². The maximum Gasteiger partial charge on any atom is 0.241 e. The van der Waals surface area contributed by atoms with E-state index >= 15 is 0 Å². The predicted octanol–water partition coefficient (Wildman–Crippen LogP) is 2.01. The van der Waals surface area contributed by atoms with Crippen molar-refractivity contribution in [3.05, 3.63) is 23.8 Å². The number of sulfonamides is 1. The molecule has 0 spiro atoms. The molecular weight excluding hydrogens is 276 g/mol. The fourth-order valence-corrected chi connectivity index (χ4v) is 3.67. The molecule has 0 amide bonds. The fourth-order valence-electron chi connectivity index (χ4n) is 2.18. The van der Waals surface area contributed by atoms with Crippen LogP contribution in [0, 0.1) is 0 Å². The van der Waals surface area contributed by atoms with Crippen LogP contribution in [-0.4, -0.2) is 21.1 Å². The van der Waals surface area contributed by atoms with E-state index in [1.54, 1.807) is 12.1 Å². The zero-order valence-corrected chi connectivity index (χ0v) is 13.4. The quantitative estimate of drug-likeness (QED) is 0.807. The summed E-state index contributed by atoms with van der Waals surface area (Å²) in [5.41, 5.74) is 5.81. The summed E-state index contributed by atoms with van der Waals surface area (Å²) < 4.78 is 32.7. The minimum atomic E-state index is -3.56. The molecule has 5 nitrogen and oxygen atoms in total. The SMILES string of the molecule is CCCC(C)(C)NS(=O)(=O)c1ccc(OC)c(CN)c1. The molecular formula is C14H24N2O3S. The maximum absolute atomic E-state index is 12.4. The summed E-state index contributed by atoms with van der Waals surface area (Å²) >= 11 is 0. The van der Waals surface area contributed by atoms with Crippen molar-refractivity contribution in [3.63, 3.8) is 0 Å². The maximum atomic E-state index is 12.4. The standard InChI is InChI=1S/C14H24N2O3S/c1-5-8-14(2,3)16-20(17,18)12-6-7-13(19-4)11(9-12)10-15/h6-7,9,16H,5,8,10,15H2,1-4H3. The normalized spacial score (nSPS) is 12.4. The lowest BCUT2D eigenvalue weighted by molar-refractivity contribution is 0.408. The van der Waals surface area contributed by atoms with Crippen LogP contribution in [0.2, 0.25) is 0 Å². The van der Waals surface area contributed by atoms with Crippen LogP contribution < -0.4 is 15.2 Å². The first-order chi connectivity index (χ1) is 9.25. The zero-order valence-electron chi connectivity index (χ0n) is 12.6. The molecule has 1 rings (SSSR count). The zero-order chi connectivity index (χ0) is 15.4. The lowest BCUT2D eigenvalue weighted by atomic mass is 10.0. The van der Waals surface area contributed by atoms with Crippen LogP contribution in [0.1, 0.15) is 39.2 Å². The van der Waals surface area contributed by atoms with Gasteiger partial charge >= 0.3 is 0 Å². The van der Waals surface area contributed by atoms with Crippen LogP contribution >= 0.6 is 0 Å². The molecule has 3 N–H and O–H groups in total. The van der Waals surface area contributed by atoms with Crippen LogP contribution in [0.25, 0.3) is 0 Å². The Morgan fingerprint density at radius 1 is 1.35 bits per heavy atom. The number of benzene rings is 1. The highest BCUT2D eigenvalue weighted by Gasteiger charge is 2.25. The van der Waals surface area contributed by atoms with Gasteiger partial charge in [0, 0.05) is 17.6 Å². The molecule has 0 radical (unpaired) electrons. The lowest BCUT2D eigenvalue weighted by Gasteiger charge is -2.25. The molecule has 6 heteroatoms. The monoisotopic (exact) mass is 300 g/mol. The number of hydrogen-bond acceptors (Lipinski definition) is 4. The number of methoxy groups -OCH3 is 1. The second kappa shape index (κ2) is 6.56. The summed E-state index contributed by atoms with van der Waals surface area (Å²) in [6.45, 7) is 6.00. The van der Waals surface area contributed by atoms with Gasteiger partial charge in [-0.1, -0.05) is 13.3 Å². The Bertz CT molecular complexity index is 554. The first-order valence-corrected chi connectivity index (χ1v) is 8.15. The van der Waals surface area contributed by atoms with Gasteiger partial charge in [0.15, 0.2) is 0 Å². The van der Waals surface area contributed by atoms with E-state index in [1.807, 2.05) is 20.8 Å². The Balaban J connectivity index is 3.10. The largest absolute Gasteiger partial charge is 0.496 e. The summed E-state index contributed by atoms with van der Waals surface area (Å²) in [5, 5.41) is 0. The molecule has 0 aliphatic carbocycles. The van der Waals surface area contributed by atoms with Crippen molar-refractivity contribution in [1.82, 2.24) is 4.72 Å². The molecule has 0 heterocycles. The van der Waals surface area contributed by atoms with Crippen LogP contribution in [0.4, 0.5) is 0 Å². The Hall–Kier alpha value is -1.11. The fraction of sp³-hybridized carbons (Fsp3) is 0.571. The molecule has 0 fully saturated rings. The molecule has 0 aromatic heterocycles. The van der Waals surface area contributed by atoms with Crippen LogP contribution in [-0.2, 0) is 16.6 Å². The summed E-state index contributed by atoms with van der Waals surface area (Å²) in [4.78, 5) is 0.211. The molecule has 0 saturated carbocycles. The van der Waals surface area contributed by atoms with Crippen molar-refractivity contribution < 1.29 is 13.2 Å². The second-order valence-electron chi connectivity index (χ2n) is 5.42. The minimum Gasteiger partial charge on any atom is -0.496 e. The number of hydrogen-bond donors (Lipinski definition) is 2. The van der Waals surface area contributed by atoms with E-state index < -0.39 is 15.6 Å². The highest BCUT2D eigenvalue weighted by atomic mass is 32.2. The van der Waals surface area contributed by atoms with Crippen molar-refractivity contribution >= 4 is 10.0 Å². The lowest BCUT2D eigenvalue weighted by Crippen LogP contribution is -2.43. The average molecular weight is 300 g/mol. The Morgan fingerprint density at radius 3 is 2.50 bits per heavy atom. The Kier molecular flexibility index (Phi) is 5.56. The molecule has 0 bridgehead atoms. The Morgan fingerprint density at radius 2 is 2.00 bits per heavy atom. The minimum absolute atomic E-state index is 0.211. The van der Waals surface area contributed by atoms with E-state index in [1.165, 1.54) is 13.2 Å². The molecule has 20 heavy (non-hydrogen) atoms. The van der Waals surface area contributed by atoms with Crippen LogP contribution in [0.5, 0.6) is 5.75 Å². The smallest absolute Gasteiger partial charge is 0.241 e. The second-order valence-corrected chi connectivity index (χ2v) is 7.10. The molecule has 0 aliphatic rings. The summed E-state index contributed by atoms with van der Waals surface area (Å²) in [7, 11) is -2.03. The summed E-state index contributed by atoms with van der Waals surface area (Å²) in [6.07, 6.45) is 1.68. The molecule has 0 saturated heterocycles. The van der Waals surface area contributed by atoms with Crippen molar-refractivity contribution in [1.29, 1.82) is 0 Å². The molecule has 1 aromatic carbocycles. The van der Waals surface area contributed by atoms with Gasteiger partial charge in [-0.15, -0.1) is 0 Å². The van der Waals surface area contributed by atoms with Crippen LogP contribution in [0.15, 0.2) is 23.1 Å². The average Bonchev–Trinajstić information content (AvgIpc) is 2.36. The van der Waals surface area contributed by atoms with E-state index in [2.05, 4.69) is 4.72 Å². The van der Waals surface area contributed by atoms with Gasteiger partial charge in [-0.2, -0.15) is 0 Å². The topological polar surface area (TPSA) is 81.4 Å². The number of nitrogens with two attached hydrogens (primary N) is 1. The number of rotatable bonds is 7. The van der Waals surface area contributed by atoms with Gasteiger partial charge < -0.3 is 10.5 Å². The van der Waals surface area contributed by atoms with E-state index in [-0.39, 0.29) is 11.4 Å². The number of ether oxygens (including phenoxy) is 1. The van der Waals surface area contributed by atoms with Gasteiger partial charge in [0.1, 0.15) is 5.75 Å². The van der Waals surface area contributed by atoms with Gasteiger partial charge in [0.25, 0.3) is 0 Å². The summed E-state index contributed by atoms with van der Waals surface area (Å²) in [6, 6.07) is 4.72. The van der Waals surface area contributed by atoms with E-state index in [9.17, 15) is 8.42 Å². The first kappa shape index (κ1) is 16.9. The van der Waals surface area contributed by atoms with Crippen LogP contribution in [0.3, 0.4) is 0 Å². The Labute approximate surface area is 121 Å². The van der Waals surface area contributed by atoms with Crippen molar-refractivity contribution in [2.24, 2.45) is 5.73 Å². The molecule has 114 valence electrons. The first-order valence-electron chi connectivity index (χ1n) is 6.66. The third kappa shape index (κ3) is 4.19. The number of nitrogens with one attached hydrogen (secondary N) is 1. The van der Waals surface area contributed by atoms with Crippen molar-refractivity contribution in [2.45, 2.75) is 50.6 Å². The molecule has 0 aliphatic heterocycles. The predicted molar refractivity (Wildman–Crippen MR) is 80.2 cm³/mol. The third-order valence-corrected chi connectivity index (χ3v) is 4.76. The van der Waals surface area contributed by atoms with E-state index in [4.69, 9.17) is 10.5 Å². The van der Waals surface area contributed by atoms with Crippen molar-refractivity contribution in [2.75, 3.05) is 7.11 Å². The highest BCUT2D eigenvalue weighted by Crippen LogP contribution is 2.23. The third-order valence-electron chi connectivity index (χ3n) is 3.07. The van der Waals surface area contributed by atoms with Gasteiger partial charge in [0.2, 0.25) is 10.0 Å². The van der Waals surface area contributed by atoms with Gasteiger partial charge in [-0.25, -0.2) is 13.1 Å². The van der Waals surface area contributed by atoms with Gasteiger partial charge in [-0.05, 0) is 38.5 Å². The van der Waals surface area contributed by atoms with Crippen molar-refractivity contribution in [3.8, 4) is 5.75 Å². The highest BCUT2D eigenvalue weighted by molar-refractivity contribution is 7.89. The molecule has 0 unspecified atom stereocenters. The summed E-state index contributed by atoms with van der Waals surface area (Å²) in [5.74, 6) is 0.597. The van der Waals surface area contributed by atoms with Gasteiger partial charge in [-0.3, -0.25) is 0 Å². The van der Waals surface area contributed by atoms with E-state index in [0.29, 0.717) is 11.3 Å².